The third-order valence-electron chi connectivity index (χ3n) is 4.83. The quantitative estimate of drug-likeness (QED) is 0.545. The summed E-state index contributed by atoms with van der Waals surface area (Å²) in [5.74, 6) is -1.16. The number of ether oxygens (including phenoxy) is 1. The van der Waals surface area contributed by atoms with Gasteiger partial charge in [0.1, 0.15) is 5.41 Å². The molecule has 0 aromatic heterocycles. The lowest BCUT2D eigenvalue weighted by molar-refractivity contribution is -0.134. The molecule has 28 heavy (non-hydrogen) atoms. The van der Waals surface area contributed by atoms with Gasteiger partial charge in [-0.3, -0.25) is 9.59 Å². The molecular formula is C22H24N2O4. The van der Waals surface area contributed by atoms with E-state index in [9.17, 15) is 14.4 Å². The zero-order valence-electron chi connectivity index (χ0n) is 15.9. The van der Waals surface area contributed by atoms with Crippen molar-refractivity contribution in [1.82, 2.24) is 5.32 Å². The topological polar surface area (TPSA) is 84.5 Å². The molecule has 2 amide bonds. The van der Waals surface area contributed by atoms with E-state index in [0.29, 0.717) is 31.5 Å². The van der Waals surface area contributed by atoms with Gasteiger partial charge in [0, 0.05) is 6.54 Å². The van der Waals surface area contributed by atoms with Crippen LogP contribution in [0.15, 0.2) is 54.6 Å². The number of carbonyl (C=O) groups excluding carboxylic acids is 3. The maximum absolute atomic E-state index is 12.8. The van der Waals surface area contributed by atoms with Gasteiger partial charge in [0.25, 0.3) is 0 Å². The smallest absolute Gasteiger partial charge is 0.340 e. The van der Waals surface area contributed by atoms with Crippen LogP contribution in [0.5, 0.6) is 0 Å². The summed E-state index contributed by atoms with van der Waals surface area (Å²) in [6.45, 7) is 2.43. The number of anilines is 1. The Labute approximate surface area is 164 Å². The number of benzene rings is 2. The summed E-state index contributed by atoms with van der Waals surface area (Å²) in [5.41, 5.74) is 0.700. The van der Waals surface area contributed by atoms with Gasteiger partial charge >= 0.3 is 5.97 Å². The van der Waals surface area contributed by atoms with Crippen LogP contribution in [-0.4, -0.2) is 30.9 Å². The third kappa shape index (κ3) is 4.39. The number of hydrogen-bond acceptors (Lipinski definition) is 4. The highest BCUT2D eigenvalue weighted by atomic mass is 16.5. The second-order valence-corrected chi connectivity index (χ2v) is 6.79. The van der Waals surface area contributed by atoms with Gasteiger partial charge in [-0.2, -0.15) is 0 Å². The number of carbonyl (C=O) groups is 3. The lowest BCUT2D eigenvalue weighted by Crippen LogP contribution is -2.40. The monoisotopic (exact) mass is 380 g/mol. The minimum atomic E-state index is -1.06. The molecule has 6 heteroatoms. The van der Waals surface area contributed by atoms with Gasteiger partial charge in [0.2, 0.25) is 11.8 Å². The molecule has 0 atom stereocenters. The molecule has 2 aromatic carbocycles. The number of nitrogens with one attached hydrogen (secondary N) is 2. The van der Waals surface area contributed by atoms with Gasteiger partial charge in [-0.15, -0.1) is 0 Å². The molecule has 2 N–H and O–H groups in total. The van der Waals surface area contributed by atoms with Crippen molar-refractivity contribution in [1.29, 1.82) is 0 Å². The van der Waals surface area contributed by atoms with Crippen LogP contribution in [0, 0.1) is 5.41 Å². The zero-order valence-corrected chi connectivity index (χ0v) is 15.9. The van der Waals surface area contributed by atoms with Crippen molar-refractivity contribution in [3.8, 4) is 0 Å². The Morgan fingerprint density at radius 3 is 2.32 bits per heavy atom. The highest BCUT2D eigenvalue weighted by molar-refractivity contribution is 6.14. The fourth-order valence-corrected chi connectivity index (χ4v) is 3.04. The van der Waals surface area contributed by atoms with Gasteiger partial charge in [0.15, 0.2) is 0 Å². The first-order valence-corrected chi connectivity index (χ1v) is 9.46. The lowest BCUT2D eigenvalue weighted by atomic mass is 10.0. The van der Waals surface area contributed by atoms with Crippen molar-refractivity contribution in [2.75, 3.05) is 18.5 Å². The molecule has 2 aromatic rings. The van der Waals surface area contributed by atoms with E-state index in [1.54, 1.807) is 31.2 Å². The molecule has 0 aliphatic heterocycles. The Kier molecular flexibility index (Phi) is 6.09. The predicted octanol–water partition coefficient (Wildman–Crippen LogP) is 2.94. The van der Waals surface area contributed by atoms with Crippen molar-refractivity contribution in [2.45, 2.75) is 26.2 Å². The summed E-state index contributed by atoms with van der Waals surface area (Å²) in [6, 6.07) is 16.5. The van der Waals surface area contributed by atoms with Crippen LogP contribution >= 0.6 is 0 Å². The third-order valence-corrected chi connectivity index (χ3v) is 4.83. The summed E-state index contributed by atoms with van der Waals surface area (Å²) in [6.07, 6.45) is 1.70. The summed E-state index contributed by atoms with van der Waals surface area (Å²) in [4.78, 5) is 37.5. The van der Waals surface area contributed by atoms with Crippen LogP contribution in [0.4, 0.5) is 5.69 Å². The molecule has 1 aliphatic rings. The van der Waals surface area contributed by atoms with Gasteiger partial charge in [-0.25, -0.2) is 4.79 Å². The standard InChI is InChI=1S/C22H24N2O4/c1-2-28-19(25)17-10-6-7-11-18(17)24-21(27)22(13-14-22)20(26)23-15-12-16-8-4-3-5-9-16/h3-11H,2,12-15H2,1H3,(H,23,26)(H,24,27). The maximum Gasteiger partial charge on any atom is 0.340 e. The van der Waals surface area contributed by atoms with E-state index in [0.717, 1.165) is 5.56 Å². The molecule has 3 rings (SSSR count). The second kappa shape index (κ2) is 8.69. The van der Waals surface area contributed by atoms with E-state index in [4.69, 9.17) is 4.74 Å². The minimum Gasteiger partial charge on any atom is -0.462 e. The van der Waals surface area contributed by atoms with Crippen LogP contribution < -0.4 is 10.6 Å². The zero-order chi connectivity index (χ0) is 20.0. The van der Waals surface area contributed by atoms with Crippen LogP contribution in [-0.2, 0) is 20.7 Å². The van der Waals surface area contributed by atoms with E-state index in [2.05, 4.69) is 10.6 Å². The van der Waals surface area contributed by atoms with Crippen molar-refractivity contribution in [3.05, 3.63) is 65.7 Å². The summed E-state index contributed by atoms with van der Waals surface area (Å²) >= 11 is 0. The van der Waals surface area contributed by atoms with Crippen LogP contribution in [0.3, 0.4) is 0 Å². The van der Waals surface area contributed by atoms with E-state index in [-0.39, 0.29) is 24.0 Å². The first-order chi connectivity index (χ1) is 13.6. The summed E-state index contributed by atoms with van der Waals surface area (Å²) < 4.78 is 5.02. The minimum absolute atomic E-state index is 0.245. The van der Waals surface area contributed by atoms with Gasteiger partial charge < -0.3 is 15.4 Å². The van der Waals surface area contributed by atoms with Crippen LogP contribution in [0.25, 0.3) is 0 Å². The lowest BCUT2D eigenvalue weighted by Gasteiger charge is -2.17. The molecule has 1 aliphatic carbocycles. The first-order valence-electron chi connectivity index (χ1n) is 9.46. The van der Waals surface area contributed by atoms with Crippen molar-refractivity contribution < 1.29 is 19.1 Å². The summed E-state index contributed by atoms with van der Waals surface area (Å²) in [5, 5.41) is 5.61. The highest BCUT2D eigenvalue weighted by Crippen LogP contribution is 2.47. The van der Waals surface area contributed by atoms with Crippen molar-refractivity contribution in [2.24, 2.45) is 5.41 Å². The molecule has 1 saturated carbocycles. The first kappa shape index (κ1) is 19.6. The Morgan fingerprint density at radius 2 is 1.64 bits per heavy atom. The van der Waals surface area contributed by atoms with Crippen LogP contribution in [0.2, 0.25) is 0 Å². The number of hydrogen-bond donors (Lipinski definition) is 2. The maximum atomic E-state index is 12.8. The molecule has 0 heterocycles. The average molecular weight is 380 g/mol. The number of rotatable bonds is 8. The molecule has 146 valence electrons. The van der Waals surface area contributed by atoms with Gasteiger partial charge in [-0.05, 0) is 43.9 Å². The number of esters is 1. The number of amides is 2. The predicted molar refractivity (Wildman–Crippen MR) is 106 cm³/mol. The van der Waals surface area contributed by atoms with E-state index in [1.165, 1.54) is 0 Å². The molecule has 0 saturated heterocycles. The summed E-state index contributed by atoms with van der Waals surface area (Å²) in [7, 11) is 0. The molecule has 0 spiro atoms. The SMILES string of the molecule is CCOC(=O)c1ccccc1NC(=O)C1(C(=O)NCCc2ccccc2)CC1. The van der Waals surface area contributed by atoms with E-state index >= 15 is 0 Å². The Balaban J connectivity index is 1.61. The Morgan fingerprint density at radius 1 is 0.964 bits per heavy atom. The highest BCUT2D eigenvalue weighted by Gasteiger charge is 2.56. The van der Waals surface area contributed by atoms with Crippen molar-refractivity contribution >= 4 is 23.5 Å². The molecule has 1 fully saturated rings. The Bertz CT molecular complexity index is 860. The largest absolute Gasteiger partial charge is 0.462 e. The molecule has 0 bridgehead atoms. The van der Waals surface area contributed by atoms with Crippen LogP contribution in [0.1, 0.15) is 35.7 Å². The second-order valence-electron chi connectivity index (χ2n) is 6.79. The molecule has 6 nitrogen and oxygen atoms in total. The van der Waals surface area contributed by atoms with E-state index in [1.807, 2.05) is 30.3 Å². The Hall–Kier alpha value is -3.15. The number of para-hydroxylation sites is 1. The fourth-order valence-electron chi connectivity index (χ4n) is 3.04. The van der Waals surface area contributed by atoms with E-state index < -0.39 is 11.4 Å². The molecule has 0 radical (unpaired) electrons. The molecule has 0 unspecified atom stereocenters. The fraction of sp³-hybridized carbons (Fsp3) is 0.318. The van der Waals surface area contributed by atoms with Gasteiger partial charge in [0.05, 0.1) is 17.9 Å². The normalized spacial score (nSPS) is 14.0. The van der Waals surface area contributed by atoms with Crippen molar-refractivity contribution in [3.63, 3.8) is 0 Å². The van der Waals surface area contributed by atoms with Gasteiger partial charge in [-0.1, -0.05) is 42.5 Å². The average Bonchev–Trinajstić information content (AvgIpc) is 3.51. The molecular weight excluding hydrogens is 356 g/mol.